The number of aromatic hydroxyl groups is 1. The largest absolute Gasteiger partial charge is 0.507 e. The van der Waals surface area contributed by atoms with Crippen molar-refractivity contribution < 1.29 is 19.8 Å². The highest BCUT2D eigenvalue weighted by Gasteiger charge is 2.38. The standard InChI is InChI=1S/C14H17NO4/c1-8-3-4-11(12(16)7-8)13(17)15-6-5-10(9(15)2)14(18)19/h3-4,7,9-10,16H,5-6H2,1-2H3,(H,18,19). The molecule has 2 N–H and O–H groups in total. The molecule has 1 aliphatic heterocycles. The summed E-state index contributed by atoms with van der Waals surface area (Å²) in [5, 5.41) is 18.9. The molecule has 1 heterocycles. The molecular formula is C14H17NO4. The quantitative estimate of drug-likeness (QED) is 0.850. The van der Waals surface area contributed by atoms with E-state index in [0.717, 1.165) is 5.56 Å². The van der Waals surface area contributed by atoms with E-state index < -0.39 is 11.9 Å². The average Bonchev–Trinajstić information content (AvgIpc) is 2.70. The first-order chi connectivity index (χ1) is 8.91. The molecule has 0 bridgehead atoms. The number of carboxylic acids is 1. The van der Waals surface area contributed by atoms with Gasteiger partial charge in [-0.2, -0.15) is 0 Å². The van der Waals surface area contributed by atoms with Gasteiger partial charge in [0.15, 0.2) is 0 Å². The molecule has 1 saturated heterocycles. The van der Waals surface area contributed by atoms with Crippen LogP contribution in [0.4, 0.5) is 0 Å². The predicted octanol–water partition coefficient (Wildman–Crippen LogP) is 1.64. The van der Waals surface area contributed by atoms with Crippen LogP contribution in [-0.4, -0.2) is 39.6 Å². The first-order valence-electron chi connectivity index (χ1n) is 6.25. The van der Waals surface area contributed by atoms with Gasteiger partial charge in [0.25, 0.3) is 5.91 Å². The summed E-state index contributed by atoms with van der Waals surface area (Å²) < 4.78 is 0. The second-order valence-corrected chi connectivity index (χ2v) is 4.99. The van der Waals surface area contributed by atoms with Gasteiger partial charge in [-0.05, 0) is 38.0 Å². The van der Waals surface area contributed by atoms with Crippen molar-refractivity contribution in [1.82, 2.24) is 4.90 Å². The van der Waals surface area contributed by atoms with Crippen LogP contribution >= 0.6 is 0 Å². The molecule has 19 heavy (non-hydrogen) atoms. The minimum Gasteiger partial charge on any atom is -0.507 e. The Morgan fingerprint density at radius 1 is 1.37 bits per heavy atom. The number of carbonyl (C=O) groups excluding carboxylic acids is 1. The molecule has 0 aliphatic carbocycles. The number of hydrogen-bond acceptors (Lipinski definition) is 3. The summed E-state index contributed by atoms with van der Waals surface area (Å²) in [5.74, 6) is -1.78. The lowest BCUT2D eigenvalue weighted by molar-refractivity contribution is -0.142. The highest BCUT2D eigenvalue weighted by Crippen LogP contribution is 2.28. The Labute approximate surface area is 111 Å². The fourth-order valence-corrected chi connectivity index (χ4v) is 2.53. The monoisotopic (exact) mass is 263 g/mol. The second kappa shape index (κ2) is 4.91. The summed E-state index contributed by atoms with van der Waals surface area (Å²) in [6, 6.07) is 4.50. The van der Waals surface area contributed by atoms with Crippen molar-refractivity contribution in [1.29, 1.82) is 0 Å². The van der Waals surface area contributed by atoms with Gasteiger partial charge in [0.1, 0.15) is 5.75 Å². The van der Waals surface area contributed by atoms with E-state index in [1.54, 1.807) is 19.1 Å². The van der Waals surface area contributed by atoms with Gasteiger partial charge in [0.05, 0.1) is 11.5 Å². The Morgan fingerprint density at radius 3 is 2.58 bits per heavy atom. The lowest BCUT2D eigenvalue weighted by Crippen LogP contribution is -2.37. The average molecular weight is 263 g/mol. The van der Waals surface area contributed by atoms with Crippen molar-refractivity contribution in [3.05, 3.63) is 29.3 Å². The molecule has 0 radical (unpaired) electrons. The Hall–Kier alpha value is -2.04. The van der Waals surface area contributed by atoms with E-state index in [9.17, 15) is 14.7 Å². The van der Waals surface area contributed by atoms with Gasteiger partial charge in [-0.1, -0.05) is 6.07 Å². The number of phenols is 1. The normalized spacial score (nSPS) is 22.5. The SMILES string of the molecule is Cc1ccc(C(=O)N2CCC(C(=O)O)C2C)c(O)c1. The van der Waals surface area contributed by atoms with Crippen LogP contribution in [-0.2, 0) is 4.79 Å². The molecule has 1 amide bonds. The zero-order valence-electron chi connectivity index (χ0n) is 11.0. The number of aliphatic carboxylic acids is 1. The third-order valence-electron chi connectivity index (χ3n) is 3.72. The van der Waals surface area contributed by atoms with E-state index in [-0.39, 0.29) is 23.3 Å². The Bertz CT molecular complexity index is 526. The maximum absolute atomic E-state index is 12.3. The smallest absolute Gasteiger partial charge is 0.308 e. The molecule has 5 heteroatoms. The van der Waals surface area contributed by atoms with Crippen LogP contribution < -0.4 is 0 Å². The number of nitrogens with zero attached hydrogens (tertiary/aromatic N) is 1. The summed E-state index contributed by atoms with van der Waals surface area (Å²) in [4.78, 5) is 24.9. The number of carboxylic acid groups (broad SMARTS) is 1. The number of rotatable bonds is 2. The van der Waals surface area contributed by atoms with Crippen molar-refractivity contribution in [3.63, 3.8) is 0 Å². The van der Waals surface area contributed by atoms with Gasteiger partial charge in [0.2, 0.25) is 0 Å². The summed E-state index contributed by atoms with van der Waals surface area (Å²) in [5.41, 5.74) is 1.09. The molecule has 0 spiro atoms. The fourth-order valence-electron chi connectivity index (χ4n) is 2.53. The highest BCUT2D eigenvalue weighted by atomic mass is 16.4. The third kappa shape index (κ3) is 2.41. The number of benzene rings is 1. The molecule has 2 atom stereocenters. The number of carbonyl (C=O) groups is 2. The molecule has 2 rings (SSSR count). The van der Waals surface area contributed by atoms with Crippen LogP contribution in [0.3, 0.4) is 0 Å². The minimum absolute atomic E-state index is 0.0593. The molecular weight excluding hydrogens is 246 g/mol. The first-order valence-corrected chi connectivity index (χ1v) is 6.25. The second-order valence-electron chi connectivity index (χ2n) is 4.99. The third-order valence-corrected chi connectivity index (χ3v) is 3.72. The van der Waals surface area contributed by atoms with Crippen LogP contribution in [0.5, 0.6) is 5.75 Å². The number of hydrogen-bond donors (Lipinski definition) is 2. The van der Waals surface area contributed by atoms with E-state index in [0.29, 0.717) is 13.0 Å². The molecule has 0 aromatic heterocycles. The highest BCUT2D eigenvalue weighted by molar-refractivity contribution is 5.97. The molecule has 0 saturated carbocycles. The predicted molar refractivity (Wildman–Crippen MR) is 69.1 cm³/mol. The number of likely N-dealkylation sites (tertiary alicyclic amines) is 1. The number of phenolic OH excluding ortho intramolecular Hbond substituents is 1. The molecule has 1 aliphatic rings. The lowest BCUT2D eigenvalue weighted by Gasteiger charge is -2.23. The molecule has 5 nitrogen and oxygen atoms in total. The van der Waals surface area contributed by atoms with Crippen LogP contribution in [0.2, 0.25) is 0 Å². The summed E-state index contributed by atoms with van der Waals surface area (Å²) in [6.07, 6.45) is 0.453. The number of aryl methyl sites for hydroxylation is 1. The van der Waals surface area contributed by atoms with Crippen LogP contribution in [0.15, 0.2) is 18.2 Å². The van der Waals surface area contributed by atoms with Crippen molar-refractivity contribution in [2.45, 2.75) is 26.3 Å². The van der Waals surface area contributed by atoms with E-state index in [1.807, 2.05) is 6.92 Å². The van der Waals surface area contributed by atoms with Crippen molar-refractivity contribution in [3.8, 4) is 5.75 Å². The molecule has 1 aromatic rings. The van der Waals surface area contributed by atoms with E-state index in [4.69, 9.17) is 5.11 Å². The summed E-state index contributed by atoms with van der Waals surface area (Å²) in [6.45, 7) is 3.96. The van der Waals surface area contributed by atoms with Crippen LogP contribution in [0.1, 0.15) is 29.3 Å². The topological polar surface area (TPSA) is 77.8 Å². The Kier molecular flexibility index (Phi) is 3.46. The molecule has 2 unspecified atom stereocenters. The lowest BCUT2D eigenvalue weighted by atomic mass is 10.0. The molecule has 1 aromatic carbocycles. The Morgan fingerprint density at radius 2 is 2.05 bits per heavy atom. The van der Waals surface area contributed by atoms with Gasteiger partial charge in [-0.25, -0.2) is 0 Å². The zero-order chi connectivity index (χ0) is 14.2. The maximum Gasteiger partial charge on any atom is 0.308 e. The minimum atomic E-state index is -0.879. The van der Waals surface area contributed by atoms with Crippen molar-refractivity contribution in [2.75, 3.05) is 6.54 Å². The van der Waals surface area contributed by atoms with Gasteiger partial charge in [-0.3, -0.25) is 9.59 Å². The molecule has 102 valence electrons. The van der Waals surface area contributed by atoms with Crippen LogP contribution in [0.25, 0.3) is 0 Å². The first kappa shape index (κ1) is 13.4. The van der Waals surface area contributed by atoms with Gasteiger partial charge in [-0.15, -0.1) is 0 Å². The zero-order valence-corrected chi connectivity index (χ0v) is 11.0. The van der Waals surface area contributed by atoms with Crippen LogP contribution in [0, 0.1) is 12.8 Å². The van der Waals surface area contributed by atoms with Gasteiger partial charge in [0, 0.05) is 12.6 Å². The van der Waals surface area contributed by atoms with Crippen molar-refractivity contribution >= 4 is 11.9 Å². The molecule has 1 fully saturated rings. The summed E-state index contributed by atoms with van der Waals surface area (Å²) >= 11 is 0. The maximum atomic E-state index is 12.3. The van der Waals surface area contributed by atoms with E-state index in [2.05, 4.69) is 0 Å². The van der Waals surface area contributed by atoms with Gasteiger partial charge < -0.3 is 15.1 Å². The van der Waals surface area contributed by atoms with Gasteiger partial charge >= 0.3 is 5.97 Å². The van der Waals surface area contributed by atoms with Crippen molar-refractivity contribution in [2.24, 2.45) is 5.92 Å². The summed E-state index contributed by atoms with van der Waals surface area (Å²) in [7, 11) is 0. The number of amides is 1. The van der Waals surface area contributed by atoms with E-state index >= 15 is 0 Å². The Balaban J connectivity index is 2.23. The van der Waals surface area contributed by atoms with E-state index in [1.165, 1.54) is 11.0 Å². The fraction of sp³-hybridized carbons (Fsp3) is 0.429.